The summed E-state index contributed by atoms with van der Waals surface area (Å²) in [7, 11) is -7.99. The van der Waals surface area contributed by atoms with E-state index in [-0.39, 0.29) is 39.4 Å². The number of pyridine rings is 1. The Hall–Kier alpha value is -4.26. The summed E-state index contributed by atoms with van der Waals surface area (Å²) in [5.41, 5.74) is 0.226. The Kier molecular flexibility index (Phi) is 7.80. The van der Waals surface area contributed by atoms with Crippen LogP contribution in [0.2, 0.25) is 5.02 Å². The molecular weight excluding hydrogens is 605 g/mol. The van der Waals surface area contributed by atoms with Crippen LogP contribution in [-0.2, 0) is 32.2 Å². The maximum absolute atomic E-state index is 14.8. The number of H-pyrrole nitrogens is 1. The Balaban J connectivity index is 1.71. The zero-order valence-electron chi connectivity index (χ0n) is 22.0. The first kappa shape index (κ1) is 29.2. The molecule has 0 aliphatic carbocycles. The van der Waals surface area contributed by atoms with Crippen LogP contribution >= 0.6 is 11.6 Å². The van der Waals surface area contributed by atoms with Gasteiger partial charge in [-0.2, -0.15) is 0 Å². The molecule has 5 rings (SSSR count). The minimum absolute atomic E-state index is 0.0646. The summed E-state index contributed by atoms with van der Waals surface area (Å²) in [6, 6.07) is 18.8. The van der Waals surface area contributed by atoms with E-state index in [2.05, 4.69) is 4.98 Å². The van der Waals surface area contributed by atoms with Crippen molar-refractivity contribution in [2.24, 2.45) is 0 Å². The van der Waals surface area contributed by atoms with Gasteiger partial charge in [-0.3, -0.25) is 9.59 Å². The molecule has 9 nitrogen and oxygen atoms in total. The zero-order valence-corrected chi connectivity index (χ0v) is 24.4. The molecule has 2 heterocycles. The van der Waals surface area contributed by atoms with Gasteiger partial charge in [0.1, 0.15) is 11.5 Å². The lowest BCUT2D eigenvalue weighted by atomic mass is 10.0. The van der Waals surface area contributed by atoms with Crippen LogP contribution in [0.15, 0.2) is 94.7 Å². The highest BCUT2D eigenvalue weighted by Gasteiger charge is 2.29. The van der Waals surface area contributed by atoms with Gasteiger partial charge in [-0.25, -0.2) is 25.9 Å². The van der Waals surface area contributed by atoms with Crippen molar-refractivity contribution < 1.29 is 26.0 Å². The molecule has 0 aliphatic rings. The standard InChI is InChI=1S/C29H23ClFN3O6S2/c1-41(37,38)17-18-6-4-8-21(14-18)42(39,40)33-29(36)27-26(22-9-5-13-32-28(22)35)23-15-20(30)11-12-25(23)34(27)16-19-7-2-3-10-24(19)31/h2-15H,16-17H2,1H3,(H,32,35)(H,33,36). The first-order valence-corrected chi connectivity index (χ1v) is 16.3. The smallest absolute Gasteiger partial charge is 0.282 e. The lowest BCUT2D eigenvalue weighted by Crippen LogP contribution is -2.33. The second kappa shape index (κ2) is 11.2. The normalized spacial score (nSPS) is 12.0. The fourth-order valence-electron chi connectivity index (χ4n) is 4.75. The number of aromatic nitrogens is 2. The van der Waals surface area contributed by atoms with Gasteiger partial charge in [0, 0.05) is 45.1 Å². The molecule has 1 amide bonds. The number of hydrogen-bond donors (Lipinski definition) is 2. The summed E-state index contributed by atoms with van der Waals surface area (Å²) in [4.78, 5) is 29.1. The van der Waals surface area contributed by atoms with Crippen molar-refractivity contribution >= 4 is 48.3 Å². The van der Waals surface area contributed by atoms with E-state index in [1.807, 2.05) is 4.72 Å². The number of hydrogen-bond acceptors (Lipinski definition) is 6. The van der Waals surface area contributed by atoms with Crippen LogP contribution in [0.3, 0.4) is 0 Å². The molecule has 0 bridgehead atoms. The Morgan fingerprint density at radius 1 is 0.976 bits per heavy atom. The summed E-state index contributed by atoms with van der Waals surface area (Å²) in [6.45, 7) is -0.178. The summed E-state index contributed by atoms with van der Waals surface area (Å²) in [5.74, 6) is -2.04. The van der Waals surface area contributed by atoms with Gasteiger partial charge in [0.25, 0.3) is 21.5 Å². The Morgan fingerprint density at radius 3 is 2.45 bits per heavy atom. The maximum Gasteiger partial charge on any atom is 0.282 e. The molecule has 0 unspecified atom stereocenters. The summed E-state index contributed by atoms with van der Waals surface area (Å²) < 4.78 is 68.6. The molecule has 5 aromatic rings. The minimum Gasteiger partial charge on any atom is -0.331 e. The highest BCUT2D eigenvalue weighted by Crippen LogP contribution is 2.36. The number of aromatic amines is 1. The second-order valence-electron chi connectivity index (χ2n) is 9.63. The second-order valence-corrected chi connectivity index (χ2v) is 13.9. The third-order valence-electron chi connectivity index (χ3n) is 6.48. The first-order valence-electron chi connectivity index (χ1n) is 12.4. The summed E-state index contributed by atoms with van der Waals surface area (Å²) >= 11 is 6.30. The Bertz CT molecular complexity index is 2140. The van der Waals surface area contributed by atoms with Gasteiger partial charge >= 0.3 is 0 Å². The molecule has 2 aromatic heterocycles. The van der Waals surface area contributed by atoms with Crippen molar-refractivity contribution in [3.63, 3.8) is 0 Å². The number of amides is 1. The number of halogens is 2. The van der Waals surface area contributed by atoms with Crippen LogP contribution in [-0.4, -0.2) is 38.5 Å². The highest BCUT2D eigenvalue weighted by molar-refractivity contribution is 7.90. The predicted molar refractivity (Wildman–Crippen MR) is 158 cm³/mol. The van der Waals surface area contributed by atoms with Crippen molar-refractivity contribution in [3.8, 4) is 11.1 Å². The van der Waals surface area contributed by atoms with Crippen molar-refractivity contribution in [3.05, 3.63) is 123 Å². The van der Waals surface area contributed by atoms with Crippen molar-refractivity contribution in [1.82, 2.24) is 14.3 Å². The average molecular weight is 628 g/mol. The molecule has 42 heavy (non-hydrogen) atoms. The van der Waals surface area contributed by atoms with Gasteiger partial charge in [0.15, 0.2) is 9.84 Å². The largest absolute Gasteiger partial charge is 0.331 e. The van der Waals surface area contributed by atoms with Crippen molar-refractivity contribution in [1.29, 1.82) is 0 Å². The molecule has 3 aromatic carbocycles. The van der Waals surface area contributed by atoms with Crippen molar-refractivity contribution in [2.75, 3.05) is 6.26 Å². The molecular formula is C29H23ClFN3O6S2. The number of nitrogens with one attached hydrogen (secondary N) is 2. The molecule has 2 N–H and O–H groups in total. The van der Waals surface area contributed by atoms with Crippen LogP contribution in [0.1, 0.15) is 21.6 Å². The fraction of sp³-hybridized carbons (Fsp3) is 0.103. The number of sulfone groups is 1. The molecule has 0 aliphatic heterocycles. The minimum atomic E-state index is -4.53. The molecule has 0 fully saturated rings. The average Bonchev–Trinajstić information content (AvgIpc) is 3.22. The molecule has 0 atom stereocenters. The summed E-state index contributed by atoms with van der Waals surface area (Å²) in [6.07, 6.45) is 2.43. The number of benzene rings is 3. The van der Waals surface area contributed by atoms with E-state index in [1.165, 1.54) is 59.3 Å². The van der Waals surface area contributed by atoms with Crippen LogP contribution < -0.4 is 10.3 Å². The van der Waals surface area contributed by atoms with E-state index >= 15 is 0 Å². The Morgan fingerprint density at radius 2 is 1.74 bits per heavy atom. The lowest BCUT2D eigenvalue weighted by Gasteiger charge is -2.14. The third kappa shape index (κ3) is 6.01. The van der Waals surface area contributed by atoms with Crippen molar-refractivity contribution in [2.45, 2.75) is 17.2 Å². The van der Waals surface area contributed by atoms with E-state index < -0.39 is 42.9 Å². The van der Waals surface area contributed by atoms with E-state index in [4.69, 9.17) is 11.6 Å². The lowest BCUT2D eigenvalue weighted by molar-refractivity contribution is 0.0974. The first-order chi connectivity index (χ1) is 19.8. The number of fused-ring (bicyclic) bond motifs is 1. The number of carbonyl (C=O) groups excluding carboxylic acids is 1. The monoisotopic (exact) mass is 627 g/mol. The quantitative estimate of drug-likeness (QED) is 0.260. The maximum atomic E-state index is 14.8. The van der Waals surface area contributed by atoms with Crippen LogP contribution in [0, 0.1) is 5.82 Å². The van der Waals surface area contributed by atoms with Crippen LogP contribution in [0.4, 0.5) is 4.39 Å². The van der Waals surface area contributed by atoms with Gasteiger partial charge in [-0.05, 0) is 54.1 Å². The SMILES string of the molecule is CS(=O)(=O)Cc1cccc(S(=O)(=O)NC(=O)c2c(-c3ccc[nH]c3=O)c3cc(Cl)ccc3n2Cc2ccccc2F)c1. The van der Waals surface area contributed by atoms with Gasteiger partial charge in [-0.1, -0.05) is 41.9 Å². The Labute approximate surface area is 245 Å². The zero-order chi connectivity index (χ0) is 30.2. The van der Waals surface area contributed by atoms with Gasteiger partial charge in [0.2, 0.25) is 0 Å². The third-order valence-corrected chi connectivity index (χ3v) is 8.90. The van der Waals surface area contributed by atoms with E-state index in [1.54, 1.807) is 24.3 Å². The highest BCUT2D eigenvalue weighted by atomic mass is 35.5. The number of sulfonamides is 1. The van der Waals surface area contributed by atoms with Gasteiger partial charge < -0.3 is 9.55 Å². The number of nitrogens with zero attached hydrogens (tertiary/aromatic N) is 1. The number of rotatable bonds is 8. The van der Waals surface area contributed by atoms with Gasteiger partial charge in [-0.15, -0.1) is 0 Å². The molecule has 0 saturated carbocycles. The van der Waals surface area contributed by atoms with E-state index in [0.717, 1.165) is 12.3 Å². The molecule has 216 valence electrons. The fourth-order valence-corrected chi connectivity index (χ4v) is 6.73. The predicted octanol–water partition coefficient (Wildman–Crippen LogP) is 4.50. The van der Waals surface area contributed by atoms with E-state index in [9.17, 15) is 30.8 Å². The van der Waals surface area contributed by atoms with Gasteiger partial charge in [0.05, 0.1) is 17.2 Å². The van der Waals surface area contributed by atoms with Crippen LogP contribution in [0.5, 0.6) is 0 Å². The number of carbonyl (C=O) groups is 1. The van der Waals surface area contributed by atoms with Crippen LogP contribution in [0.25, 0.3) is 22.0 Å². The van der Waals surface area contributed by atoms with E-state index in [0.29, 0.717) is 15.9 Å². The molecule has 0 saturated heterocycles. The molecule has 0 spiro atoms. The molecule has 0 radical (unpaired) electrons. The molecule has 13 heteroatoms. The summed E-state index contributed by atoms with van der Waals surface area (Å²) in [5, 5.41) is 0.662. The topological polar surface area (TPSA) is 135 Å².